The van der Waals surface area contributed by atoms with Crippen LogP contribution in [0.25, 0.3) is 0 Å². The molecule has 7 heteroatoms. The highest BCUT2D eigenvalue weighted by Gasteiger charge is 2.33. The Morgan fingerprint density at radius 1 is 1.14 bits per heavy atom. The van der Waals surface area contributed by atoms with E-state index < -0.39 is 17.8 Å². The van der Waals surface area contributed by atoms with E-state index in [0.717, 1.165) is 0 Å². The Labute approximate surface area is 162 Å². The van der Waals surface area contributed by atoms with Gasteiger partial charge in [-0.05, 0) is 37.1 Å². The van der Waals surface area contributed by atoms with Gasteiger partial charge in [0.05, 0.1) is 19.8 Å². The molecule has 0 saturated carbocycles. The molecule has 0 heterocycles. The average molecular weight is 387 g/mol. The normalized spacial score (nSPS) is 16.3. The standard InChI is InChI=1S/C21H22FNO5/c1-11-9-15(24)20-17(8-6-14(22)19(11)20)28-12(2)21(25)23-13-5-7-16(26-3)18(10-13)27-4/h5-8,10-12H,9H2,1-4H3,(H,23,25)/t11-,12+/m1/s1. The number of benzene rings is 2. The molecule has 0 spiro atoms. The number of rotatable bonds is 6. The third-order valence-electron chi connectivity index (χ3n) is 4.74. The van der Waals surface area contributed by atoms with Gasteiger partial charge in [0.1, 0.15) is 11.6 Å². The number of anilines is 1. The minimum atomic E-state index is -0.897. The quantitative estimate of drug-likeness (QED) is 0.813. The van der Waals surface area contributed by atoms with Gasteiger partial charge in [0, 0.05) is 23.7 Å². The van der Waals surface area contributed by atoms with E-state index in [2.05, 4.69) is 5.32 Å². The Hall–Kier alpha value is -3.09. The molecule has 0 radical (unpaired) electrons. The highest BCUT2D eigenvalue weighted by Crippen LogP contribution is 2.40. The van der Waals surface area contributed by atoms with E-state index in [-0.39, 0.29) is 29.4 Å². The first-order valence-corrected chi connectivity index (χ1v) is 8.90. The van der Waals surface area contributed by atoms with Gasteiger partial charge in [-0.1, -0.05) is 6.92 Å². The van der Waals surface area contributed by atoms with Gasteiger partial charge in [-0.15, -0.1) is 0 Å². The topological polar surface area (TPSA) is 73.9 Å². The molecule has 6 nitrogen and oxygen atoms in total. The summed E-state index contributed by atoms with van der Waals surface area (Å²) in [5.41, 5.74) is 1.10. The second-order valence-electron chi connectivity index (χ2n) is 6.68. The number of ether oxygens (including phenoxy) is 3. The van der Waals surface area contributed by atoms with E-state index in [9.17, 15) is 14.0 Å². The van der Waals surface area contributed by atoms with E-state index in [4.69, 9.17) is 14.2 Å². The summed E-state index contributed by atoms with van der Waals surface area (Å²) in [6, 6.07) is 7.64. The Bertz CT molecular complexity index is 927. The van der Waals surface area contributed by atoms with Crippen molar-refractivity contribution < 1.29 is 28.2 Å². The summed E-state index contributed by atoms with van der Waals surface area (Å²) >= 11 is 0. The van der Waals surface area contributed by atoms with Crippen LogP contribution in [0.4, 0.5) is 10.1 Å². The Kier molecular flexibility index (Phi) is 5.53. The first kappa shape index (κ1) is 19.7. The number of ketones is 1. The molecule has 148 valence electrons. The highest BCUT2D eigenvalue weighted by atomic mass is 19.1. The first-order chi connectivity index (χ1) is 13.3. The van der Waals surface area contributed by atoms with Crippen molar-refractivity contribution in [3.05, 3.63) is 47.3 Å². The molecule has 0 fully saturated rings. The summed E-state index contributed by atoms with van der Waals surface area (Å²) in [5.74, 6) is 0.0168. The van der Waals surface area contributed by atoms with Gasteiger partial charge in [0.25, 0.3) is 5.91 Å². The highest BCUT2D eigenvalue weighted by molar-refractivity contribution is 6.04. The molecule has 2 aromatic carbocycles. The molecule has 1 aliphatic carbocycles. The lowest BCUT2D eigenvalue weighted by Crippen LogP contribution is -2.30. The van der Waals surface area contributed by atoms with Crippen LogP contribution in [0.5, 0.6) is 17.2 Å². The van der Waals surface area contributed by atoms with Crippen molar-refractivity contribution in [2.75, 3.05) is 19.5 Å². The number of fused-ring (bicyclic) bond motifs is 1. The van der Waals surface area contributed by atoms with Crippen molar-refractivity contribution in [1.29, 1.82) is 0 Å². The molecule has 0 bridgehead atoms. The molecule has 3 rings (SSSR count). The van der Waals surface area contributed by atoms with E-state index >= 15 is 0 Å². The fraction of sp³-hybridized carbons (Fsp3) is 0.333. The van der Waals surface area contributed by atoms with Crippen molar-refractivity contribution in [2.45, 2.75) is 32.3 Å². The number of carbonyl (C=O) groups excluding carboxylic acids is 2. The molecule has 0 unspecified atom stereocenters. The van der Waals surface area contributed by atoms with Crippen LogP contribution in [0.3, 0.4) is 0 Å². The largest absolute Gasteiger partial charge is 0.493 e. The monoisotopic (exact) mass is 387 g/mol. The minimum absolute atomic E-state index is 0.176. The average Bonchev–Trinajstić information content (AvgIpc) is 2.98. The van der Waals surface area contributed by atoms with Crippen LogP contribution >= 0.6 is 0 Å². The fourth-order valence-electron chi connectivity index (χ4n) is 3.33. The third-order valence-corrected chi connectivity index (χ3v) is 4.74. The van der Waals surface area contributed by atoms with E-state index in [1.165, 1.54) is 26.4 Å². The Morgan fingerprint density at radius 3 is 2.50 bits per heavy atom. The van der Waals surface area contributed by atoms with Gasteiger partial charge < -0.3 is 19.5 Å². The zero-order valence-corrected chi connectivity index (χ0v) is 16.2. The van der Waals surface area contributed by atoms with E-state index in [1.807, 2.05) is 0 Å². The van der Waals surface area contributed by atoms with Crippen LogP contribution in [0.2, 0.25) is 0 Å². The maximum atomic E-state index is 14.1. The lowest BCUT2D eigenvalue weighted by Gasteiger charge is -2.18. The molecule has 1 amide bonds. The third kappa shape index (κ3) is 3.65. The van der Waals surface area contributed by atoms with Crippen molar-refractivity contribution in [1.82, 2.24) is 0 Å². The molecule has 28 heavy (non-hydrogen) atoms. The number of methoxy groups -OCH3 is 2. The number of halogens is 1. The Morgan fingerprint density at radius 2 is 1.82 bits per heavy atom. The van der Waals surface area contributed by atoms with Crippen molar-refractivity contribution in [3.8, 4) is 17.2 Å². The summed E-state index contributed by atoms with van der Waals surface area (Å²) in [7, 11) is 3.03. The molecule has 0 aliphatic heterocycles. The lowest BCUT2D eigenvalue weighted by atomic mass is 10.0. The SMILES string of the molecule is COc1ccc(NC(=O)[C@H](C)Oc2ccc(F)c3c2C(=O)C[C@H]3C)cc1OC. The summed E-state index contributed by atoms with van der Waals surface area (Å²) in [6.07, 6.45) is -0.662. The van der Waals surface area contributed by atoms with Gasteiger partial charge in [-0.25, -0.2) is 4.39 Å². The molecule has 2 aromatic rings. The van der Waals surface area contributed by atoms with Crippen molar-refractivity contribution in [3.63, 3.8) is 0 Å². The predicted octanol–water partition coefficient (Wildman–Crippen LogP) is 3.94. The van der Waals surface area contributed by atoms with Gasteiger partial charge in [0.2, 0.25) is 0 Å². The van der Waals surface area contributed by atoms with Gasteiger partial charge >= 0.3 is 0 Å². The zero-order chi connectivity index (χ0) is 20.4. The molecule has 1 aliphatic rings. The summed E-state index contributed by atoms with van der Waals surface area (Å²) in [6.45, 7) is 3.36. The number of carbonyl (C=O) groups is 2. The van der Waals surface area contributed by atoms with Crippen LogP contribution in [-0.2, 0) is 4.79 Å². The molecule has 1 N–H and O–H groups in total. The molecule has 2 atom stereocenters. The maximum absolute atomic E-state index is 14.1. The lowest BCUT2D eigenvalue weighted by molar-refractivity contribution is -0.122. The van der Waals surface area contributed by atoms with E-state index in [1.54, 1.807) is 32.0 Å². The van der Waals surface area contributed by atoms with Crippen LogP contribution in [0.1, 0.15) is 42.1 Å². The second-order valence-corrected chi connectivity index (χ2v) is 6.68. The van der Waals surface area contributed by atoms with Crippen molar-refractivity contribution >= 4 is 17.4 Å². The number of hydrogen-bond acceptors (Lipinski definition) is 5. The summed E-state index contributed by atoms with van der Waals surface area (Å²) in [5, 5.41) is 2.73. The van der Waals surface area contributed by atoms with E-state index in [0.29, 0.717) is 22.7 Å². The fourth-order valence-corrected chi connectivity index (χ4v) is 3.33. The van der Waals surface area contributed by atoms with Crippen molar-refractivity contribution in [2.24, 2.45) is 0 Å². The first-order valence-electron chi connectivity index (χ1n) is 8.90. The van der Waals surface area contributed by atoms with Gasteiger partial charge in [-0.2, -0.15) is 0 Å². The number of Topliss-reactive ketones (excluding diaryl/α,β-unsaturated/α-hetero) is 1. The number of amides is 1. The Balaban J connectivity index is 1.77. The summed E-state index contributed by atoms with van der Waals surface area (Å²) < 4.78 is 30.2. The molecule has 0 saturated heterocycles. The molecular formula is C21H22FNO5. The van der Waals surface area contributed by atoms with Gasteiger partial charge in [0.15, 0.2) is 23.4 Å². The number of hydrogen-bond donors (Lipinski definition) is 1. The van der Waals surface area contributed by atoms with Gasteiger partial charge in [-0.3, -0.25) is 9.59 Å². The maximum Gasteiger partial charge on any atom is 0.265 e. The summed E-state index contributed by atoms with van der Waals surface area (Å²) in [4.78, 5) is 24.8. The molecular weight excluding hydrogens is 365 g/mol. The second kappa shape index (κ2) is 7.88. The smallest absolute Gasteiger partial charge is 0.265 e. The zero-order valence-electron chi connectivity index (χ0n) is 16.2. The minimum Gasteiger partial charge on any atom is -0.493 e. The molecule has 0 aromatic heterocycles. The van der Waals surface area contributed by atoms with Crippen LogP contribution in [0.15, 0.2) is 30.3 Å². The van der Waals surface area contributed by atoms with Crippen LogP contribution in [0, 0.1) is 5.82 Å². The predicted molar refractivity (Wildman–Crippen MR) is 102 cm³/mol. The number of nitrogens with one attached hydrogen (secondary N) is 1. The van der Waals surface area contributed by atoms with Crippen LogP contribution in [-0.4, -0.2) is 32.0 Å². The van der Waals surface area contributed by atoms with Crippen LogP contribution < -0.4 is 19.5 Å².